The summed E-state index contributed by atoms with van der Waals surface area (Å²) in [6, 6.07) is 5.47. The quantitative estimate of drug-likeness (QED) is 0.784. The molecule has 25 heavy (non-hydrogen) atoms. The number of aromatic nitrogens is 2. The molecule has 2 aromatic rings. The van der Waals surface area contributed by atoms with Crippen molar-refractivity contribution in [3.8, 4) is 0 Å². The minimum absolute atomic E-state index is 0.0916. The van der Waals surface area contributed by atoms with Crippen molar-refractivity contribution < 1.29 is 17.2 Å². The maximum Gasteiger partial charge on any atom is 0.245 e. The fraction of sp³-hybridized carbons (Fsp3) is 0.529. The van der Waals surface area contributed by atoms with Crippen molar-refractivity contribution in [3.63, 3.8) is 0 Å². The predicted octanol–water partition coefficient (Wildman–Crippen LogP) is 2.66. The Morgan fingerprint density at radius 3 is 2.72 bits per heavy atom. The molecule has 1 fully saturated rings. The maximum absolute atomic E-state index is 13.9. The average Bonchev–Trinajstić information content (AvgIpc) is 3.17. The molecule has 0 aliphatic carbocycles. The SMILES string of the molecule is CC(C)Cc1nnc(C[C@H]2CCN(S(=O)(=O)c3ccccc3F)C2)o1. The molecule has 1 aromatic carbocycles. The Labute approximate surface area is 147 Å². The summed E-state index contributed by atoms with van der Waals surface area (Å²) >= 11 is 0. The number of sulfonamides is 1. The second kappa shape index (κ2) is 7.21. The largest absolute Gasteiger partial charge is 0.425 e. The number of nitrogens with zero attached hydrogens (tertiary/aromatic N) is 3. The zero-order valence-electron chi connectivity index (χ0n) is 14.4. The first kappa shape index (κ1) is 18.0. The molecule has 1 aromatic heterocycles. The lowest BCUT2D eigenvalue weighted by Crippen LogP contribution is -2.29. The molecule has 0 radical (unpaired) electrons. The zero-order valence-corrected chi connectivity index (χ0v) is 15.2. The molecule has 1 atom stereocenters. The van der Waals surface area contributed by atoms with Gasteiger partial charge in [-0.1, -0.05) is 26.0 Å². The van der Waals surface area contributed by atoms with Crippen molar-refractivity contribution in [2.45, 2.75) is 38.0 Å². The molecule has 0 saturated carbocycles. The Hall–Kier alpha value is -1.80. The third-order valence-corrected chi connectivity index (χ3v) is 6.16. The van der Waals surface area contributed by atoms with E-state index in [2.05, 4.69) is 24.0 Å². The Morgan fingerprint density at radius 1 is 1.28 bits per heavy atom. The number of halogens is 1. The highest BCUT2D eigenvalue weighted by Crippen LogP contribution is 2.27. The predicted molar refractivity (Wildman–Crippen MR) is 89.8 cm³/mol. The standard InChI is InChI=1S/C17H22FN3O3S/c1-12(2)9-16-19-20-17(24-16)10-13-7-8-21(11-13)25(22,23)15-6-4-3-5-14(15)18/h3-6,12-13H,7-11H2,1-2H3/t13-/m1/s1. The van der Waals surface area contributed by atoms with Crippen LogP contribution < -0.4 is 0 Å². The van der Waals surface area contributed by atoms with Gasteiger partial charge in [0.25, 0.3) is 0 Å². The Kier molecular flexibility index (Phi) is 5.19. The van der Waals surface area contributed by atoms with E-state index in [0.29, 0.717) is 43.6 Å². The summed E-state index contributed by atoms with van der Waals surface area (Å²) in [5.74, 6) is 0.945. The van der Waals surface area contributed by atoms with Gasteiger partial charge in [-0.05, 0) is 30.4 Å². The minimum Gasteiger partial charge on any atom is -0.425 e. The molecule has 0 unspecified atom stereocenters. The van der Waals surface area contributed by atoms with Crippen LogP contribution in [-0.2, 0) is 22.9 Å². The van der Waals surface area contributed by atoms with Crippen LogP contribution in [0.1, 0.15) is 32.0 Å². The van der Waals surface area contributed by atoms with E-state index in [-0.39, 0.29) is 10.8 Å². The summed E-state index contributed by atoms with van der Waals surface area (Å²) in [4.78, 5) is -0.271. The van der Waals surface area contributed by atoms with Crippen LogP contribution >= 0.6 is 0 Å². The van der Waals surface area contributed by atoms with Crippen LogP contribution in [0, 0.1) is 17.7 Å². The summed E-state index contributed by atoms with van der Waals surface area (Å²) < 4.78 is 46.0. The van der Waals surface area contributed by atoms with Gasteiger partial charge >= 0.3 is 0 Å². The second-order valence-corrected chi connectivity index (χ2v) is 8.75. The van der Waals surface area contributed by atoms with Gasteiger partial charge in [0, 0.05) is 25.9 Å². The van der Waals surface area contributed by atoms with E-state index in [1.807, 2.05) is 0 Å². The monoisotopic (exact) mass is 367 g/mol. The summed E-state index contributed by atoms with van der Waals surface area (Å²) in [5.41, 5.74) is 0. The Morgan fingerprint density at radius 2 is 2.00 bits per heavy atom. The lowest BCUT2D eigenvalue weighted by atomic mass is 10.1. The van der Waals surface area contributed by atoms with Crippen LogP contribution in [0.25, 0.3) is 0 Å². The molecular weight excluding hydrogens is 345 g/mol. The summed E-state index contributed by atoms with van der Waals surface area (Å²) in [5, 5.41) is 8.07. The molecule has 1 saturated heterocycles. The number of rotatable bonds is 6. The molecule has 0 spiro atoms. The van der Waals surface area contributed by atoms with Gasteiger partial charge in [-0.15, -0.1) is 10.2 Å². The normalized spacial score (nSPS) is 19.0. The first-order chi connectivity index (χ1) is 11.9. The first-order valence-corrected chi connectivity index (χ1v) is 9.86. The van der Waals surface area contributed by atoms with Crippen LogP contribution in [0.3, 0.4) is 0 Å². The van der Waals surface area contributed by atoms with Gasteiger partial charge in [0.2, 0.25) is 21.8 Å². The molecule has 0 amide bonds. The third kappa shape index (κ3) is 4.07. The van der Waals surface area contributed by atoms with E-state index in [1.54, 1.807) is 0 Å². The van der Waals surface area contributed by atoms with E-state index in [0.717, 1.165) is 12.5 Å². The Balaban J connectivity index is 1.65. The van der Waals surface area contributed by atoms with Crippen molar-refractivity contribution in [2.24, 2.45) is 11.8 Å². The highest BCUT2D eigenvalue weighted by atomic mass is 32.2. The molecule has 1 aliphatic heterocycles. The van der Waals surface area contributed by atoms with E-state index < -0.39 is 15.8 Å². The lowest BCUT2D eigenvalue weighted by Gasteiger charge is -2.16. The highest BCUT2D eigenvalue weighted by molar-refractivity contribution is 7.89. The zero-order chi connectivity index (χ0) is 18.0. The lowest BCUT2D eigenvalue weighted by molar-refractivity contribution is 0.391. The van der Waals surface area contributed by atoms with Crippen LogP contribution in [-0.4, -0.2) is 36.0 Å². The van der Waals surface area contributed by atoms with Crippen molar-refractivity contribution in [1.82, 2.24) is 14.5 Å². The highest BCUT2D eigenvalue weighted by Gasteiger charge is 2.34. The fourth-order valence-corrected chi connectivity index (χ4v) is 4.62. The number of hydrogen-bond donors (Lipinski definition) is 0. The number of benzene rings is 1. The molecule has 1 aliphatic rings. The van der Waals surface area contributed by atoms with Crippen molar-refractivity contribution in [2.75, 3.05) is 13.1 Å². The van der Waals surface area contributed by atoms with E-state index in [1.165, 1.54) is 22.5 Å². The summed E-state index contributed by atoms with van der Waals surface area (Å²) in [6.45, 7) is 4.85. The number of hydrogen-bond acceptors (Lipinski definition) is 5. The first-order valence-electron chi connectivity index (χ1n) is 8.42. The van der Waals surface area contributed by atoms with Gasteiger partial charge in [0.05, 0.1) is 0 Å². The maximum atomic E-state index is 13.9. The van der Waals surface area contributed by atoms with Gasteiger partial charge in [-0.3, -0.25) is 0 Å². The van der Waals surface area contributed by atoms with Crippen molar-refractivity contribution >= 4 is 10.0 Å². The van der Waals surface area contributed by atoms with Gasteiger partial charge in [-0.25, -0.2) is 12.8 Å². The van der Waals surface area contributed by atoms with Crippen LogP contribution in [0.2, 0.25) is 0 Å². The molecule has 6 nitrogen and oxygen atoms in total. The smallest absolute Gasteiger partial charge is 0.245 e. The molecular formula is C17H22FN3O3S. The third-order valence-electron chi connectivity index (χ3n) is 4.26. The van der Waals surface area contributed by atoms with Crippen molar-refractivity contribution in [1.29, 1.82) is 0 Å². The van der Waals surface area contributed by atoms with Crippen LogP contribution in [0.5, 0.6) is 0 Å². The van der Waals surface area contributed by atoms with Gasteiger partial charge < -0.3 is 4.42 Å². The summed E-state index contributed by atoms with van der Waals surface area (Å²) in [6.07, 6.45) is 1.95. The average molecular weight is 367 g/mol. The van der Waals surface area contributed by atoms with Crippen molar-refractivity contribution in [3.05, 3.63) is 41.9 Å². The fourth-order valence-electron chi connectivity index (χ4n) is 3.02. The van der Waals surface area contributed by atoms with E-state index >= 15 is 0 Å². The molecule has 8 heteroatoms. The van der Waals surface area contributed by atoms with Crippen LogP contribution in [0.4, 0.5) is 4.39 Å². The van der Waals surface area contributed by atoms with E-state index in [9.17, 15) is 12.8 Å². The molecule has 2 heterocycles. The van der Waals surface area contributed by atoms with E-state index in [4.69, 9.17) is 4.42 Å². The molecule has 0 bridgehead atoms. The summed E-state index contributed by atoms with van der Waals surface area (Å²) in [7, 11) is -3.81. The second-order valence-electron chi connectivity index (χ2n) is 6.84. The minimum atomic E-state index is -3.81. The topological polar surface area (TPSA) is 76.3 Å². The molecule has 3 rings (SSSR count). The Bertz CT molecular complexity index is 835. The molecule has 0 N–H and O–H groups in total. The van der Waals surface area contributed by atoms with Gasteiger partial charge in [0.1, 0.15) is 10.7 Å². The van der Waals surface area contributed by atoms with Gasteiger partial charge in [0.15, 0.2) is 0 Å². The van der Waals surface area contributed by atoms with Crippen LogP contribution in [0.15, 0.2) is 33.6 Å². The molecule has 136 valence electrons. The van der Waals surface area contributed by atoms with Gasteiger partial charge in [-0.2, -0.15) is 4.31 Å².